The molecule has 2 rings (SSSR count). The summed E-state index contributed by atoms with van der Waals surface area (Å²) in [5.74, 6) is 2.23. The third-order valence-electron chi connectivity index (χ3n) is 3.21. The maximum atomic E-state index is 8.04. The second kappa shape index (κ2) is 6.45. The predicted molar refractivity (Wildman–Crippen MR) is 77.7 cm³/mol. The molecule has 4 heteroatoms. The summed E-state index contributed by atoms with van der Waals surface area (Å²) >= 11 is 0. The van der Waals surface area contributed by atoms with Crippen LogP contribution in [0.3, 0.4) is 0 Å². The normalized spacial score (nSPS) is 15.5. The van der Waals surface area contributed by atoms with Gasteiger partial charge in [-0.2, -0.15) is 0 Å². The maximum Gasteiger partial charge on any atom is 0.163 e. The van der Waals surface area contributed by atoms with Crippen LogP contribution in [0.4, 0.5) is 5.69 Å². The second-order valence-corrected chi connectivity index (χ2v) is 4.55. The first-order valence-corrected chi connectivity index (χ1v) is 7.00. The van der Waals surface area contributed by atoms with Crippen LogP contribution in [0.2, 0.25) is 0 Å². The summed E-state index contributed by atoms with van der Waals surface area (Å²) in [7, 11) is 0. The molecule has 19 heavy (non-hydrogen) atoms. The quantitative estimate of drug-likeness (QED) is 0.884. The Labute approximate surface area is 114 Å². The maximum absolute atomic E-state index is 8.04. The van der Waals surface area contributed by atoms with Crippen molar-refractivity contribution >= 4 is 11.5 Å². The number of hydrogen-bond acceptors (Lipinski definition) is 3. The van der Waals surface area contributed by atoms with Gasteiger partial charge in [-0.25, -0.2) is 0 Å². The highest BCUT2D eigenvalue weighted by atomic mass is 16.5. The molecule has 0 aliphatic carbocycles. The largest absolute Gasteiger partial charge is 0.490 e. The number of nitrogens with zero attached hydrogens (tertiary/aromatic N) is 1. The van der Waals surface area contributed by atoms with E-state index in [0.29, 0.717) is 19.0 Å². The van der Waals surface area contributed by atoms with Crippen molar-refractivity contribution in [3.05, 3.63) is 18.2 Å². The van der Waals surface area contributed by atoms with Gasteiger partial charge in [-0.05, 0) is 38.8 Å². The minimum atomic E-state index is 0.612. The van der Waals surface area contributed by atoms with Gasteiger partial charge in [0.1, 0.15) is 5.84 Å². The number of anilines is 1. The lowest BCUT2D eigenvalue weighted by Crippen LogP contribution is -2.34. The van der Waals surface area contributed by atoms with Crippen molar-refractivity contribution in [3.63, 3.8) is 0 Å². The summed E-state index contributed by atoms with van der Waals surface area (Å²) in [6.07, 6.45) is 3.11. The summed E-state index contributed by atoms with van der Waals surface area (Å²) < 4.78 is 11.2. The van der Waals surface area contributed by atoms with Crippen molar-refractivity contribution in [1.29, 1.82) is 5.41 Å². The highest BCUT2D eigenvalue weighted by Gasteiger charge is 2.18. The van der Waals surface area contributed by atoms with Crippen LogP contribution in [0.15, 0.2) is 18.2 Å². The zero-order valence-electron chi connectivity index (χ0n) is 11.7. The van der Waals surface area contributed by atoms with E-state index >= 15 is 0 Å². The molecule has 104 valence electrons. The van der Waals surface area contributed by atoms with Gasteiger partial charge in [-0.15, -0.1) is 0 Å². The van der Waals surface area contributed by atoms with Crippen molar-refractivity contribution in [1.82, 2.24) is 0 Å². The van der Waals surface area contributed by atoms with Gasteiger partial charge < -0.3 is 14.4 Å². The zero-order chi connectivity index (χ0) is 13.7. The number of piperidine rings is 1. The second-order valence-electron chi connectivity index (χ2n) is 4.55. The number of hydrogen-bond donors (Lipinski definition) is 1. The van der Waals surface area contributed by atoms with Gasteiger partial charge in [0.25, 0.3) is 0 Å². The van der Waals surface area contributed by atoms with Crippen molar-refractivity contribution in [2.75, 3.05) is 24.7 Å². The Kier molecular flexibility index (Phi) is 4.66. The van der Waals surface area contributed by atoms with Gasteiger partial charge in [0.2, 0.25) is 0 Å². The molecule has 1 aliphatic rings. The Balaban J connectivity index is 2.25. The molecule has 1 aromatic rings. The lowest BCUT2D eigenvalue weighted by Gasteiger charge is -2.29. The standard InChI is InChI=1S/C15H22N2O2/c1-3-18-13-9-8-12(11-14(13)19-4-2)17-10-6-5-7-15(17)16/h8-9,11,16H,3-7,10H2,1-2H3. The highest BCUT2D eigenvalue weighted by Crippen LogP contribution is 2.33. The fourth-order valence-corrected chi connectivity index (χ4v) is 2.32. The van der Waals surface area contributed by atoms with Crippen molar-refractivity contribution < 1.29 is 9.47 Å². The first-order chi connectivity index (χ1) is 9.26. The zero-order valence-corrected chi connectivity index (χ0v) is 11.7. The van der Waals surface area contributed by atoms with E-state index in [-0.39, 0.29) is 0 Å². The molecule has 0 bridgehead atoms. The fourth-order valence-electron chi connectivity index (χ4n) is 2.32. The minimum absolute atomic E-state index is 0.612. The van der Waals surface area contributed by atoms with E-state index in [1.165, 1.54) is 0 Å². The van der Waals surface area contributed by atoms with Crippen LogP contribution >= 0.6 is 0 Å². The van der Waals surface area contributed by atoms with E-state index < -0.39 is 0 Å². The van der Waals surface area contributed by atoms with Crippen molar-refractivity contribution in [2.24, 2.45) is 0 Å². The van der Waals surface area contributed by atoms with Gasteiger partial charge >= 0.3 is 0 Å². The Morgan fingerprint density at radius 1 is 1.11 bits per heavy atom. The lowest BCUT2D eigenvalue weighted by molar-refractivity contribution is 0.288. The molecule has 1 N–H and O–H groups in total. The SMILES string of the molecule is CCOc1ccc(N2CCCCC2=N)cc1OCC. The molecule has 0 spiro atoms. The van der Waals surface area contributed by atoms with Crippen molar-refractivity contribution in [3.8, 4) is 11.5 Å². The molecule has 1 heterocycles. The van der Waals surface area contributed by atoms with Gasteiger partial charge in [-0.3, -0.25) is 5.41 Å². The van der Waals surface area contributed by atoms with Gasteiger partial charge in [0, 0.05) is 24.7 Å². The molecule has 0 aromatic heterocycles. The average molecular weight is 262 g/mol. The average Bonchev–Trinajstić information content (AvgIpc) is 2.42. The van der Waals surface area contributed by atoms with E-state index in [1.54, 1.807) is 0 Å². The Hall–Kier alpha value is -1.71. The molecule has 1 fully saturated rings. The Bertz CT molecular complexity index is 446. The van der Waals surface area contributed by atoms with E-state index in [2.05, 4.69) is 4.90 Å². The lowest BCUT2D eigenvalue weighted by atomic mass is 10.1. The molecule has 1 saturated heterocycles. The van der Waals surface area contributed by atoms with Crippen LogP contribution in [-0.4, -0.2) is 25.6 Å². The van der Waals surface area contributed by atoms with Crippen LogP contribution in [0, 0.1) is 5.41 Å². The topological polar surface area (TPSA) is 45.5 Å². The summed E-state index contributed by atoms with van der Waals surface area (Å²) in [4.78, 5) is 2.06. The Morgan fingerprint density at radius 3 is 2.53 bits per heavy atom. The number of benzene rings is 1. The van der Waals surface area contributed by atoms with Crippen LogP contribution in [0.5, 0.6) is 11.5 Å². The first kappa shape index (κ1) is 13.7. The van der Waals surface area contributed by atoms with Crippen LogP contribution < -0.4 is 14.4 Å². The smallest absolute Gasteiger partial charge is 0.163 e. The molecule has 1 aromatic carbocycles. The van der Waals surface area contributed by atoms with E-state index in [1.807, 2.05) is 32.0 Å². The Morgan fingerprint density at radius 2 is 1.84 bits per heavy atom. The summed E-state index contributed by atoms with van der Waals surface area (Å²) in [6, 6.07) is 5.92. The molecular weight excluding hydrogens is 240 g/mol. The van der Waals surface area contributed by atoms with E-state index in [4.69, 9.17) is 14.9 Å². The summed E-state index contributed by atoms with van der Waals surface area (Å²) in [5.41, 5.74) is 1.02. The summed E-state index contributed by atoms with van der Waals surface area (Å²) in [5, 5.41) is 8.04. The molecule has 4 nitrogen and oxygen atoms in total. The van der Waals surface area contributed by atoms with Crippen LogP contribution in [0.25, 0.3) is 0 Å². The molecular formula is C15H22N2O2. The monoisotopic (exact) mass is 262 g/mol. The number of amidine groups is 1. The first-order valence-electron chi connectivity index (χ1n) is 7.00. The molecule has 0 saturated carbocycles. The van der Waals surface area contributed by atoms with Crippen LogP contribution in [-0.2, 0) is 0 Å². The molecule has 0 amide bonds. The number of ether oxygens (including phenoxy) is 2. The van der Waals surface area contributed by atoms with Crippen LogP contribution in [0.1, 0.15) is 33.1 Å². The van der Waals surface area contributed by atoms with Crippen molar-refractivity contribution in [2.45, 2.75) is 33.1 Å². The van der Waals surface area contributed by atoms with Gasteiger partial charge in [0.05, 0.1) is 13.2 Å². The minimum Gasteiger partial charge on any atom is -0.490 e. The van der Waals surface area contributed by atoms with Gasteiger partial charge in [-0.1, -0.05) is 0 Å². The molecule has 0 radical (unpaired) electrons. The third-order valence-corrected chi connectivity index (χ3v) is 3.21. The highest BCUT2D eigenvalue weighted by molar-refractivity contribution is 5.96. The molecule has 0 atom stereocenters. The molecule has 1 aliphatic heterocycles. The number of rotatable bonds is 5. The fraction of sp³-hybridized carbons (Fsp3) is 0.533. The summed E-state index contributed by atoms with van der Waals surface area (Å²) in [6.45, 7) is 6.08. The molecule has 0 unspecified atom stereocenters. The van der Waals surface area contributed by atoms with Gasteiger partial charge in [0.15, 0.2) is 11.5 Å². The van der Waals surface area contributed by atoms with E-state index in [0.717, 1.165) is 43.0 Å². The third kappa shape index (κ3) is 3.19. The van der Waals surface area contributed by atoms with E-state index in [9.17, 15) is 0 Å². The number of nitrogens with one attached hydrogen (secondary N) is 1. The predicted octanol–water partition coefficient (Wildman–Crippen LogP) is 3.45.